The van der Waals surface area contributed by atoms with Crippen LogP contribution in [-0.4, -0.2) is 15.0 Å². The Labute approximate surface area is 143 Å². The number of nitrogens with one attached hydrogen (secondary N) is 1. The summed E-state index contributed by atoms with van der Waals surface area (Å²) in [6.45, 7) is 0. The van der Waals surface area contributed by atoms with E-state index >= 15 is 0 Å². The molecule has 5 heteroatoms. The number of hydrogen-bond donors (Lipinski definition) is 1. The van der Waals surface area contributed by atoms with Crippen molar-refractivity contribution in [2.45, 2.75) is 0 Å². The van der Waals surface area contributed by atoms with E-state index in [1.54, 1.807) is 23.7 Å². The molecule has 0 fully saturated rings. The number of thiazole rings is 1. The van der Waals surface area contributed by atoms with Crippen LogP contribution < -0.4 is 5.32 Å². The Hall–Kier alpha value is -3.05. The minimum Gasteiger partial charge on any atom is -0.316 e. The second-order valence-electron chi connectivity index (χ2n) is 5.14. The SMILES string of the molecule is c1ccc(-c2cccnc2Nc2nc(-c3ccccn3)cs2)cc1. The Morgan fingerprint density at radius 2 is 1.58 bits per heavy atom. The van der Waals surface area contributed by atoms with Gasteiger partial charge < -0.3 is 5.32 Å². The third-order valence-corrected chi connectivity index (χ3v) is 4.31. The fourth-order valence-corrected chi connectivity index (χ4v) is 3.12. The predicted molar refractivity (Wildman–Crippen MR) is 98.3 cm³/mol. The average Bonchev–Trinajstić information content (AvgIpc) is 3.12. The van der Waals surface area contributed by atoms with Crippen molar-refractivity contribution in [3.8, 4) is 22.5 Å². The number of hydrogen-bond acceptors (Lipinski definition) is 5. The van der Waals surface area contributed by atoms with Gasteiger partial charge in [-0.05, 0) is 29.8 Å². The standard InChI is InChI=1S/C19H14N4S/c1-2-7-14(8-3-1)15-9-6-12-21-18(15)23-19-22-17(13-24-19)16-10-4-5-11-20-16/h1-13H,(H,21,22,23). The van der Waals surface area contributed by atoms with Crippen molar-refractivity contribution in [1.29, 1.82) is 0 Å². The minimum atomic E-state index is 0.797. The molecule has 0 radical (unpaired) electrons. The number of pyridine rings is 2. The first-order chi connectivity index (χ1) is 11.9. The van der Waals surface area contributed by atoms with Crippen LogP contribution in [0.2, 0.25) is 0 Å². The third-order valence-electron chi connectivity index (χ3n) is 3.55. The minimum absolute atomic E-state index is 0.797. The molecule has 0 unspecified atom stereocenters. The van der Waals surface area contributed by atoms with E-state index in [1.165, 1.54) is 0 Å². The van der Waals surface area contributed by atoms with E-state index in [4.69, 9.17) is 0 Å². The maximum absolute atomic E-state index is 4.62. The first-order valence-electron chi connectivity index (χ1n) is 7.54. The van der Waals surface area contributed by atoms with Gasteiger partial charge in [0, 0.05) is 23.3 Å². The van der Waals surface area contributed by atoms with Gasteiger partial charge in [-0.25, -0.2) is 9.97 Å². The van der Waals surface area contributed by atoms with Crippen molar-refractivity contribution >= 4 is 22.3 Å². The Kier molecular flexibility index (Phi) is 4.00. The van der Waals surface area contributed by atoms with Crippen molar-refractivity contribution in [3.63, 3.8) is 0 Å². The van der Waals surface area contributed by atoms with Gasteiger partial charge in [0.15, 0.2) is 5.13 Å². The highest BCUT2D eigenvalue weighted by Gasteiger charge is 2.09. The lowest BCUT2D eigenvalue weighted by Gasteiger charge is -2.08. The van der Waals surface area contributed by atoms with Gasteiger partial charge in [-0.3, -0.25) is 4.98 Å². The first kappa shape index (κ1) is 14.5. The molecular weight excluding hydrogens is 316 g/mol. The van der Waals surface area contributed by atoms with E-state index in [0.29, 0.717) is 0 Å². The lowest BCUT2D eigenvalue weighted by Crippen LogP contribution is -1.96. The number of nitrogens with zero attached hydrogens (tertiary/aromatic N) is 3. The Balaban J connectivity index is 1.64. The van der Waals surface area contributed by atoms with Crippen LogP contribution in [0, 0.1) is 0 Å². The van der Waals surface area contributed by atoms with Crippen LogP contribution in [0.5, 0.6) is 0 Å². The monoisotopic (exact) mass is 330 g/mol. The molecule has 0 spiro atoms. The van der Waals surface area contributed by atoms with Crippen molar-refractivity contribution in [1.82, 2.24) is 15.0 Å². The van der Waals surface area contributed by atoms with Crippen LogP contribution in [0.3, 0.4) is 0 Å². The van der Waals surface area contributed by atoms with E-state index in [1.807, 2.05) is 47.8 Å². The summed E-state index contributed by atoms with van der Waals surface area (Å²) in [5, 5.41) is 6.12. The van der Waals surface area contributed by atoms with E-state index in [2.05, 4.69) is 38.5 Å². The molecule has 4 aromatic rings. The molecule has 0 aliphatic rings. The van der Waals surface area contributed by atoms with Gasteiger partial charge in [-0.15, -0.1) is 11.3 Å². The highest BCUT2D eigenvalue weighted by molar-refractivity contribution is 7.14. The summed E-state index contributed by atoms with van der Waals surface area (Å²) in [7, 11) is 0. The van der Waals surface area contributed by atoms with E-state index in [-0.39, 0.29) is 0 Å². The molecule has 4 rings (SSSR count). The van der Waals surface area contributed by atoms with Crippen LogP contribution in [0.4, 0.5) is 10.9 Å². The van der Waals surface area contributed by atoms with E-state index < -0.39 is 0 Å². The van der Waals surface area contributed by atoms with Gasteiger partial charge in [-0.1, -0.05) is 36.4 Å². The van der Waals surface area contributed by atoms with E-state index in [0.717, 1.165) is 33.5 Å². The van der Waals surface area contributed by atoms with Crippen molar-refractivity contribution in [2.75, 3.05) is 5.32 Å². The molecule has 0 saturated heterocycles. The topological polar surface area (TPSA) is 50.7 Å². The summed E-state index contributed by atoms with van der Waals surface area (Å²) in [5.41, 5.74) is 3.90. The fraction of sp³-hybridized carbons (Fsp3) is 0. The van der Waals surface area contributed by atoms with E-state index in [9.17, 15) is 0 Å². The zero-order chi connectivity index (χ0) is 16.2. The fourth-order valence-electron chi connectivity index (χ4n) is 2.42. The molecule has 4 nitrogen and oxygen atoms in total. The number of aromatic nitrogens is 3. The molecule has 24 heavy (non-hydrogen) atoms. The van der Waals surface area contributed by atoms with Crippen LogP contribution >= 0.6 is 11.3 Å². The Morgan fingerprint density at radius 1 is 0.750 bits per heavy atom. The normalized spacial score (nSPS) is 10.5. The first-order valence-corrected chi connectivity index (χ1v) is 8.42. The highest BCUT2D eigenvalue weighted by atomic mass is 32.1. The van der Waals surface area contributed by atoms with Gasteiger partial charge in [-0.2, -0.15) is 0 Å². The molecule has 0 aliphatic carbocycles. The van der Waals surface area contributed by atoms with Crippen molar-refractivity contribution in [2.24, 2.45) is 0 Å². The zero-order valence-electron chi connectivity index (χ0n) is 12.8. The average molecular weight is 330 g/mol. The quantitative estimate of drug-likeness (QED) is 0.571. The van der Waals surface area contributed by atoms with Crippen LogP contribution in [0.25, 0.3) is 22.5 Å². The maximum atomic E-state index is 4.62. The van der Waals surface area contributed by atoms with Crippen LogP contribution in [-0.2, 0) is 0 Å². The second-order valence-corrected chi connectivity index (χ2v) is 6.00. The van der Waals surface area contributed by atoms with Crippen LogP contribution in [0.1, 0.15) is 0 Å². The van der Waals surface area contributed by atoms with Gasteiger partial charge in [0.2, 0.25) is 0 Å². The van der Waals surface area contributed by atoms with Gasteiger partial charge in [0.25, 0.3) is 0 Å². The summed E-state index contributed by atoms with van der Waals surface area (Å²) < 4.78 is 0. The molecule has 0 amide bonds. The molecule has 1 N–H and O–H groups in total. The lowest BCUT2D eigenvalue weighted by molar-refractivity contribution is 1.26. The molecule has 0 bridgehead atoms. The summed E-state index contributed by atoms with van der Waals surface area (Å²) in [6.07, 6.45) is 3.55. The molecule has 0 aliphatic heterocycles. The van der Waals surface area contributed by atoms with Crippen molar-refractivity contribution < 1.29 is 0 Å². The molecule has 0 saturated carbocycles. The number of anilines is 2. The molecule has 116 valence electrons. The molecule has 3 heterocycles. The second kappa shape index (κ2) is 6.60. The molecule has 1 aromatic carbocycles. The largest absolute Gasteiger partial charge is 0.316 e. The molecule has 0 atom stereocenters. The summed E-state index contributed by atoms with van der Waals surface area (Å²) in [5.74, 6) is 0.797. The predicted octanol–water partition coefficient (Wildman–Crippen LogP) is 5.01. The van der Waals surface area contributed by atoms with Gasteiger partial charge in [0.05, 0.1) is 5.69 Å². The van der Waals surface area contributed by atoms with Gasteiger partial charge in [0.1, 0.15) is 11.5 Å². The summed E-state index contributed by atoms with van der Waals surface area (Å²) in [6, 6.07) is 20.0. The van der Waals surface area contributed by atoms with Crippen LogP contribution in [0.15, 0.2) is 78.4 Å². The maximum Gasteiger partial charge on any atom is 0.188 e. The molecule has 3 aromatic heterocycles. The Morgan fingerprint density at radius 3 is 2.42 bits per heavy atom. The van der Waals surface area contributed by atoms with Gasteiger partial charge >= 0.3 is 0 Å². The van der Waals surface area contributed by atoms with Crippen molar-refractivity contribution in [3.05, 3.63) is 78.4 Å². The smallest absolute Gasteiger partial charge is 0.188 e. The number of benzene rings is 1. The highest BCUT2D eigenvalue weighted by Crippen LogP contribution is 2.30. The molecular formula is C19H14N4S. The Bertz CT molecular complexity index is 936. The summed E-state index contributed by atoms with van der Waals surface area (Å²) in [4.78, 5) is 13.4. The zero-order valence-corrected chi connectivity index (χ0v) is 13.6. The third kappa shape index (κ3) is 3.02. The number of rotatable bonds is 4. The summed E-state index contributed by atoms with van der Waals surface area (Å²) >= 11 is 1.54. The lowest BCUT2D eigenvalue weighted by atomic mass is 10.1.